The van der Waals surface area contributed by atoms with Gasteiger partial charge in [-0.3, -0.25) is 0 Å². The number of hydrogen-bond donors (Lipinski definition) is 1. The topological polar surface area (TPSA) is 69.4 Å². The van der Waals surface area contributed by atoms with E-state index >= 15 is 0 Å². The number of unbranched alkanes of at least 4 members (excludes halogenated alkanes) is 2. The van der Waals surface area contributed by atoms with Crippen LogP contribution in [0.5, 0.6) is 5.75 Å². The third-order valence-electron chi connectivity index (χ3n) is 4.47. The van der Waals surface area contributed by atoms with Crippen molar-refractivity contribution in [3.8, 4) is 5.75 Å². The number of rotatable bonds is 9. The summed E-state index contributed by atoms with van der Waals surface area (Å²) < 4.78 is 31.3. The van der Waals surface area contributed by atoms with Gasteiger partial charge in [0.15, 0.2) is 5.69 Å². The van der Waals surface area contributed by atoms with Crippen molar-refractivity contribution in [3.63, 3.8) is 0 Å². The Morgan fingerprint density at radius 2 is 1.88 bits per heavy atom. The van der Waals surface area contributed by atoms with Gasteiger partial charge >= 0.3 is 10.0 Å². The van der Waals surface area contributed by atoms with Crippen molar-refractivity contribution in [2.45, 2.75) is 33.1 Å². The molecule has 1 heterocycles. The maximum absolute atomic E-state index is 12.9. The zero-order chi connectivity index (χ0) is 18.3. The predicted octanol–water partition coefficient (Wildman–Crippen LogP) is 3.33. The number of hydrogen-bond acceptors (Lipinski definition) is 4. The highest BCUT2D eigenvalue weighted by molar-refractivity contribution is 7.91. The van der Waals surface area contributed by atoms with Crippen molar-refractivity contribution < 1.29 is 13.2 Å². The Morgan fingerprint density at radius 3 is 2.48 bits per heavy atom. The molecule has 1 unspecified atom stereocenters. The van der Waals surface area contributed by atoms with Crippen LogP contribution in [0, 0.1) is 0 Å². The molecule has 0 saturated heterocycles. The zero-order valence-electron chi connectivity index (χ0n) is 15.1. The van der Waals surface area contributed by atoms with Crippen molar-refractivity contribution >= 4 is 15.7 Å². The molecule has 0 radical (unpaired) electrons. The van der Waals surface area contributed by atoms with Gasteiger partial charge in [-0.05, 0) is 31.6 Å². The van der Waals surface area contributed by atoms with Gasteiger partial charge in [0.25, 0.3) is 0 Å². The van der Waals surface area contributed by atoms with Gasteiger partial charge in [0.05, 0.1) is 12.4 Å². The second-order valence-corrected chi connectivity index (χ2v) is 8.60. The molecule has 6 heteroatoms. The summed E-state index contributed by atoms with van der Waals surface area (Å²) in [5.41, 5.74) is 7.28. The monoisotopic (exact) mass is 365 g/mol. The first kappa shape index (κ1) is 19.7. The number of nitrogens with zero attached hydrogens (tertiary/aromatic N) is 1. The molecule has 0 aliphatic carbocycles. The van der Waals surface area contributed by atoms with Gasteiger partial charge in [-0.15, -0.1) is 0 Å². The van der Waals surface area contributed by atoms with Crippen molar-refractivity contribution in [1.82, 2.24) is 3.89 Å². The lowest BCUT2D eigenvalue weighted by atomic mass is 10.2. The summed E-state index contributed by atoms with van der Waals surface area (Å²) in [5, 5.41) is 0. The van der Waals surface area contributed by atoms with E-state index in [1.165, 1.54) is 0 Å². The van der Waals surface area contributed by atoms with Crippen LogP contribution >= 0.6 is 0 Å². The summed E-state index contributed by atoms with van der Waals surface area (Å²) in [4.78, 5) is 0. The first-order chi connectivity index (χ1) is 12.0. The van der Waals surface area contributed by atoms with Gasteiger partial charge in [0.1, 0.15) is 18.5 Å². The van der Waals surface area contributed by atoms with E-state index in [0.29, 0.717) is 25.4 Å². The summed E-state index contributed by atoms with van der Waals surface area (Å²) >= 11 is 0. The van der Waals surface area contributed by atoms with Gasteiger partial charge in [0, 0.05) is 24.3 Å². The van der Waals surface area contributed by atoms with Crippen LogP contribution in [0.4, 0.5) is 5.69 Å². The van der Waals surface area contributed by atoms with Crippen LogP contribution in [0.25, 0.3) is 0 Å². The molecule has 1 aromatic carbocycles. The summed E-state index contributed by atoms with van der Waals surface area (Å²) in [7, 11) is -3.40. The summed E-state index contributed by atoms with van der Waals surface area (Å²) in [6, 6.07) is 7.37. The predicted molar refractivity (Wildman–Crippen MR) is 104 cm³/mol. The standard InChI is InChI=1S/C19H29N2O3S/c1-3-5-6-14-24-19-11-9-18(10-12-19)21(25(22,23)4-2)13-7-8-17(15-20)16-21/h7-12,16H,3-6,13-15,20H2,1-2H3/q+1. The maximum Gasteiger partial charge on any atom is 0.306 e. The average Bonchev–Trinajstić information content (AvgIpc) is 2.65. The van der Waals surface area contributed by atoms with Crippen molar-refractivity contribution in [2.75, 3.05) is 25.4 Å². The SMILES string of the molecule is CCCCCOc1ccc([N+]2(S(=O)(=O)CC)C=C(CN)C=CC2)cc1. The molecule has 138 valence electrons. The van der Waals surface area contributed by atoms with Gasteiger partial charge in [-0.25, -0.2) is 0 Å². The number of nitrogens with two attached hydrogens (primary N) is 1. The smallest absolute Gasteiger partial charge is 0.306 e. The van der Waals surface area contributed by atoms with Crippen LogP contribution in [0.1, 0.15) is 33.1 Å². The van der Waals surface area contributed by atoms with Crippen molar-refractivity contribution in [2.24, 2.45) is 5.73 Å². The van der Waals surface area contributed by atoms with Crippen LogP contribution in [0.2, 0.25) is 0 Å². The third-order valence-corrected chi connectivity index (χ3v) is 6.66. The Balaban J connectivity index is 2.31. The van der Waals surface area contributed by atoms with Crippen LogP contribution in [-0.2, 0) is 10.0 Å². The quantitative estimate of drug-likeness (QED) is 0.538. The molecule has 0 bridgehead atoms. The van der Waals surface area contributed by atoms with E-state index in [0.717, 1.165) is 30.6 Å². The molecule has 0 amide bonds. The third kappa shape index (κ3) is 4.32. The van der Waals surface area contributed by atoms with E-state index in [4.69, 9.17) is 10.5 Å². The molecule has 0 spiro atoms. The van der Waals surface area contributed by atoms with Crippen LogP contribution in [0.15, 0.2) is 48.2 Å². The van der Waals surface area contributed by atoms with E-state index < -0.39 is 10.0 Å². The van der Waals surface area contributed by atoms with E-state index in [1.54, 1.807) is 13.1 Å². The van der Waals surface area contributed by atoms with Gasteiger partial charge in [-0.1, -0.05) is 25.8 Å². The number of benzene rings is 1. The first-order valence-corrected chi connectivity index (χ1v) is 10.5. The van der Waals surface area contributed by atoms with E-state index in [1.807, 2.05) is 36.4 Å². The Bertz CT molecular complexity index is 724. The molecule has 2 rings (SSSR count). The van der Waals surface area contributed by atoms with Crippen LogP contribution < -0.4 is 14.4 Å². The van der Waals surface area contributed by atoms with Crippen LogP contribution in [-0.4, -0.2) is 33.9 Å². The Kier molecular flexibility index (Phi) is 6.81. The van der Waals surface area contributed by atoms with Gasteiger partial charge < -0.3 is 10.5 Å². The molecule has 5 nitrogen and oxygen atoms in total. The van der Waals surface area contributed by atoms with Crippen LogP contribution in [0.3, 0.4) is 0 Å². The summed E-state index contributed by atoms with van der Waals surface area (Å²) in [6.45, 7) is 5.20. The minimum atomic E-state index is -3.40. The Morgan fingerprint density at radius 1 is 1.16 bits per heavy atom. The highest BCUT2D eigenvalue weighted by atomic mass is 32.2. The molecule has 1 aliphatic rings. The fraction of sp³-hybridized carbons (Fsp3) is 0.474. The summed E-state index contributed by atoms with van der Waals surface area (Å²) in [5.74, 6) is 0.826. The molecule has 25 heavy (non-hydrogen) atoms. The normalized spacial score (nSPS) is 20.4. The number of sulfonamides is 1. The maximum atomic E-state index is 12.9. The van der Waals surface area contributed by atoms with E-state index in [9.17, 15) is 8.42 Å². The van der Waals surface area contributed by atoms with E-state index in [-0.39, 0.29) is 9.64 Å². The largest absolute Gasteiger partial charge is 0.494 e. The lowest BCUT2D eigenvalue weighted by Crippen LogP contribution is -2.51. The fourth-order valence-electron chi connectivity index (χ4n) is 2.95. The fourth-order valence-corrected chi connectivity index (χ4v) is 4.46. The molecule has 1 aliphatic heterocycles. The van der Waals surface area contributed by atoms with Crippen molar-refractivity contribution in [3.05, 3.63) is 48.2 Å². The Hall–Kier alpha value is -1.63. The molecule has 0 fully saturated rings. The van der Waals surface area contributed by atoms with Gasteiger partial charge in [0.2, 0.25) is 0 Å². The number of quaternary nitrogens is 1. The molecule has 1 aromatic rings. The molecular formula is C19H29N2O3S+. The van der Waals surface area contributed by atoms with Gasteiger partial charge in [-0.2, -0.15) is 12.3 Å². The molecule has 0 saturated carbocycles. The second-order valence-electron chi connectivity index (χ2n) is 6.21. The molecule has 0 aromatic heterocycles. The van der Waals surface area contributed by atoms with Crippen molar-refractivity contribution in [1.29, 1.82) is 0 Å². The lowest BCUT2D eigenvalue weighted by molar-refractivity contribution is 0.306. The highest BCUT2D eigenvalue weighted by Gasteiger charge is 2.42. The zero-order valence-corrected chi connectivity index (χ0v) is 16.0. The summed E-state index contributed by atoms with van der Waals surface area (Å²) in [6.07, 6.45) is 8.86. The minimum absolute atomic E-state index is 0.0600. The number of ether oxygens (including phenoxy) is 1. The average molecular weight is 366 g/mol. The molecule has 1 atom stereocenters. The molecule has 2 N–H and O–H groups in total. The lowest BCUT2D eigenvalue weighted by Gasteiger charge is -2.34. The molecular weight excluding hydrogens is 336 g/mol. The van der Waals surface area contributed by atoms with E-state index in [2.05, 4.69) is 6.92 Å². The Labute approximate surface area is 151 Å². The second kappa shape index (κ2) is 8.65. The highest BCUT2D eigenvalue weighted by Crippen LogP contribution is 2.33. The first-order valence-electron chi connectivity index (χ1n) is 8.91. The minimum Gasteiger partial charge on any atom is -0.494 e.